The number of rotatable bonds is 7. The molecule has 1 heterocycles. The van der Waals surface area contributed by atoms with Gasteiger partial charge < -0.3 is 19.5 Å². The first-order valence-corrected chi connectivity index (χ1v) is 9.10. The second-order valence-electron chi connectivity index (χ2n) is 6.35. The Balaban J connectivity index is 1.74. The van der Waals surface area contributed by atoms with Gasteiger partial charge in [0.15, 0.2) is 0 Å². The van der Waals surface area contributed by atoms with Crippen molar-refractivity contribution in [1.82, 2.24) is 10.2 Å². The lowest BCUT2D eigenvalue weighted by molar-refractivity contribution is 0.0162. The zero-order chi connectivity index (χ0) is 19.1. The fraction of sp³-hybridized carbons (Fsp3) is 0.381. The van der Waals surface area contributed by atoms with Crippen molar-refractivity contribution in [3.05, 3.63) is 59.7 Å². The van der Waals surface area contributed by atoms with E-state index in [1.165, 1.54) is 5.56 Å². The van der Waals surface area contributed by atoms with Gasteiger partial charge in [0.1, 0.15) is 11.5 Å². The Kier molecular flexibility index (Phi) is 6.68. The van der Waals surface area contributed by atoms with Crippen molar-refractivity contribution in [1.29, 1.82) is 0 Å². The van der Waals surface area contributed by atoms with Gasteiger partial charge in [-0.25, -0.2) is 0 Å². The van der Waals surface area contributed by atoms with E-state index in [1.807, 2.05) is 18.2 Å². The lowest BCUT2D eigenvalue weighted by atomic mass is 10.0. The van der Waals surface area contributed by atoms with Crippen LogP contribution in [-0.2, 0) is 4.74 Å². The molecule has 2 aromatic carbocycles. The number of nitrogens with one attached hydrogen (secondary N) is 1. The zero-order valence-corrected chi connectivity index (χ0v) is 15.8. The summed E-state index contributed by atoms with van der Waals surface area (Å²) in [6, 6.07) is 15.5. The lowest BCUT2D eigenvalue weighted by Gasteiger charge is -2.35. The van der Waals surface area contributed by atoms with E-state index in [1.54, 1.807) is 32.4 Å². The molecule has 1 atom stereocenters. The molecular weight excluding hydrogens is 344 g/mol. The van der Waals surface area contributed by atoms with Crippen LogP contribution in [0.1, 0.15) is 22.0 Å². The van der Waals surface area contributed by atoms with Crippen LogP contribution in [0.15, 0.2) is 48.5 Å². The molecule has 1 saturated heterocycles. The first kappa shape index (κ1) is 19.2. The number of carbonyl (C=O) groups is 1. The third-order valence-electron chi connectivity index (χ3n) is 4.78. The summed E-state index contributed by atoms with van der Waals surface area (Å²) in [4.78, 5) is 15.1. The van der Waals surface area contributed by atoms with Crippen molar-refractivity contribution >= 4 is 5.91 Å². The molecule has 27 heavy (non-hydrogen) atoms. The number of ether oxygens (including phenoxy) is 3. The smallest absolute Gasteiger partial charge is 0.255 e. The molecule has 1 aliphatic rings. The minimum Gasteiger partial charge on any atom is -0.497 e. The summed E-state index contributed by atoms with van der Waals surface area (Å²) in [6.45, 7) is 3.63. The molecule has 1 unspecified atom stereocenters. The molecule has 0 radical (unpaired) electrons. The van der Waals surface area contributed by atoms with Gasteiger partial charge in [-0.3, -0.25) is 9.69 Å². The van der Waals surface area contributed by atoms with Gasteiger partial charge in [-0.2, -0.15) is 0 Å². The van der Waals surface area contributed by atoms with Crippen molar-refractivity contribution < 1.29 is 19.0 Å². The standard InChI is InChI=1S/C21H26N2O4/c1-25-17-8-9-18(20(14-17)26-2)21(24)22-15-19(16-6-4-3-5-7-16)23-10-12-27-13-11-23/h3-9,14,19H,10-13,15H2,1-2H3,(H,22,24). The monoisotopic (exact) mass is 370 g/mol. The van der Waals surface area contributed by atoms with Crippen LogP contribution in [0.5, 0.6) is 11.5 Å². The molecular formula is C21H26N2O4. The van der Waals surface area contributed by atoms with E-state index in [2.05, 4.69) is 22.3 Å². The van der Waals surface area contributed by atoms with Crippen LogP contribution in [0.2, 0.25) is 0 Å². The molecule has 0 aromatic heterocycles. The number of methoxy groups -OCH3 is 2. The van der Waals surface area contributed by atoms with Crippen molar-refractivity contribution in [3.63, 3.8) is 0 Å². The Morgan fingerprint density at radius 3 is 2.52 bits per heavy atom. The van der Waals surface area contributed by atoms with Gasteiger partial charge in [0, 0.05) is 25.7 Å². The fourth-order valence-electron chi connectivity index (χ4n) is 3.29. The molecule has 1 fully saturated rings. The van der Waals surface area contributed by atoms with Gasteiger partial charge in [-0.1, -0.05) is 30.3 Å². The van der Waals surface area contributed by atoms with Crippen LogP contribution >= 0.6 is 0 Å². The van der Waals surface area contributed by atoms with E-state index in [0.717, 1.165) is 13.1 Å². The van der Waals surface area contributed by atoms with Crippen molar-refractivity contribution in [3.8, 4) is 11.5 Å². The average Bonchev–Trinajstić information content (AvgIpc) is 2.74. The highest BCUT2D eigenvalue weighted by molar-refractivity contribution is 5.97. The molecule has 1 amide bonds. The van der Waals surface area contributed by atoms with Gasteiger partial charge in [0.05, 0.1) is 39.0 Å². The lowest BCUT2D eigenvalue weighted by Crippen LogP contribution is -2.43. The molecule has 144 valence electrons. The first-order chi connectivity index (χ1) is 13.2. The summed E-state index contributed by atoms with van der Waals surface area (Å²) in [5.74, 6) is 0.983. The molecule has 2 aromatic rings. The summed E-state index contributed by atoms with van der Waals surface area (Å²) in [7, 11) is 3.13. The molecule has 0 aliphatic carbocycles. The number of carbonyl (C=O) groups excluding carboxylic acids is 1. The first-order valence-electron chi connectivity index (χ1n) is 9.10. The number of morpholine rings is 1. The van der Waals surface area contributed by atoms with Gasteiger partial charge in [0.25, 0.3) is 5.91 Å². The van der Waals surface area contributed by atoms with Crippen LogP contribution < -0.4 is 14.8 Å². The van der Waals surface area contributed by atoms with Crippen LogP contribution in [0.3, 0.4) is 0 Å². The fourth-order valence-corrected chi connectivity index (χ4v) is 3.29. The van der Waals surface area contributed by atoms with Crippen molar-refractivity contribution in [2.75, 3.05) is 47.1 Å². The van der Waals surface area contributed by atoms with E-state index in [-0.39, 0.29) is 11.9 Å². The Morgan fingerprint density at radius 1 is 1.11 bits per heavy atom. The van der Waals surface area contributed by atoms with Crippen LogP contribution in [-0.4, -0.2) is 57.9 Å². The molecule has 6 heteroatoms. The normalized spacial score (nSPS) is 15.8. The summed E-state index contributed by atoms with van der Waals surface area (Å²) in [5, 5.41) is 3.06. The largest absolute Gasteiger partial charge is 0.497 e. The van der Waals surface area contributed by atoms with Crippen LogP contribution in [0, 0.1) is 0 Å². The predicted molar refractivity (Wildman–Crippen MR) is 103 cm³/mol. The van der Waals surface area contributed by atoms with E-state index < -0.39 is 0 Å². The SMILES string of the molecule is COc1ccc(C(=O)NCC(c2ccccc2)N2CCOCC2)c(OC)c1. The molecule has 0 spiro atoms. The van der Waals surface area contributed by atoms with Gasteiger partial charge in [0.2, 0.25) is 0 Å². The van der Waals surface area contributed by atoms with Crippen molar-refractivity contribution in [2.24, 2.45) is 0 Å². The third-order valence-corrected chi connectivity index (χ3v) is 4.78. The third kappa shape index (κ3) is 4.78. The molecule has 0 saturated carbocycles. The molecule has 6 nitrogen and oxygen atoms in total. The minimum atomic E-state index is -0.163. The molecule has 1 N–H and O–H groups in total. The number of hydrogen-bond donors (Lipinski definition) is 1. The molecule has 1 aliphatic heterocycles. The molecule has 3 rings (SSSR count). The van der Waals surface area contributed by atoms with Gasteiger partial charge in [-0.15, -0.1) is 0 Å². The topological polar surface area (TPSA) is 60.0 Å². The quantitative estimate of drug-likeness (QED) is 0.812. The second-order valence-corrected chi connectivity index (χ2v) is 6.35. The van der Waals surface area contributed by atoms with E-state index in [9.17, 15) is 4.79 Å². The molecule has 0 bridgehead atoms. The van der Waals surface area contributed by atoms with Crippen LogP contribution in [0.4, 0.5) is 0 Å². The maximum atomic E-state index is 12.8. The summed E-state index contributed by atoms with van der Waals surface area (Å²) in [6.07, 6.45) is 0. The number of nitrogens with zero attached hydrogens (tertiary/aromatic N) is 1. The maximum absolute atomic E-state index is 12.8. The Bertz CT molecular complexity index is 745. The second kappa shape index (κ2) is 9.39. The van der Waals surface area contributed by atoms with Gasteiger partial charge >= 0.3 is 0 Å². The Hall–Kier alpha value is -2.57. The predicted octanol–water partition coefficient (Wildman–Crippen LogP) is 2.51. The van der Waals surface area contributed by atoms with E-state index in [4.69, 9.17) is 14.2 Å². The van der Waals surface area contributed by atoms with E-state index >= 15 is 0 Å². The number of amides is 1. The number of hydrogen-bond acceptors (Lipinski definition) is 5. The highest BCUT2D eigenvalue weighted by Crippen LogP contribution is 2.25. The zero-order valence-electron chi connectivity index (χ0n) is 15.8. The summed E-state index contributed by atoms with van der Waals surface area (Å²) < 4.78 is 16.0. The summed E-state index contributed by atoms with van der Waals surface area (Å²) >= 11 is 0. The van der Waals surface area contributed by atoms with Crippen LogP contribution in [0.25, 0.3) is 0 Å². The van der Waals surface area contributed by atoms with Crippen molar-refractivity contribution in [2.45, 2.75) is 6.04 Å². The number of benzene rings is 2. The van der Waals surface area contributed by atoms with Gasteiger partial charge in [-0.05, 0) is 17.7 Å². The minimum absolute atomic E-state index is 0.100. The maximum Gasteiger partial charge on any atom is 0.255 e. The highest BCUT2D eigenvalue weighted by Gasteiger charge is 2.24. The Labute approximate surface area is 160 Å². The van der Waals surface area contributed by atoms with E-state index in [0.29, 0.717) is 36.8 Å². The average molecular weight is 370 g/mol. The highest BCUT2D eigenvalue weighted by atomic mass is 16.5. The Morgan fingerprint density at radius 2 is 1.85 bits per heavy atom. The summed E-state index contributed by atoms with van der Waals surface area (Å²) in [5.41, 5.74) is 1.67.